The van der Waals surface area contributed by atoms with Gasteiger partial charge in [0.1, 0.15) is 11.6 Å². The number of hydrogen-bond acceptors (Lipinski definition) is 5. The lowest BCUT2D eigenvalue weighted by molar-refractivity contribution is -0.137. The van der Waals surface area contributed by atoms with E-state index in [9.17, 15) is 14.4 Å². The molecule has 0 heterocycles. The summed E-state index contributed by atoms with van der Waals surface area (Å²) in [4.78, 5) is 35.8. The summed E-state index contributed by atoms with van der Waals surface area (Å²) in [5.41, 5.74) is 0.232. The van der Waals surface area contributed by atoms with E-state index in [-0.39, 0.29) is 19.1 Å². The fraction of sp³-hybridized carbons (Fsp3) is 0.450. The van der Waals surface area contributed by atoms with Crippen molar-refractivity contribution in [2.45, 2.75) is 45.8 Å². The Balaban J connectivity index is 2.70. The molecule has 0 fully saturated rings. The molecule has 1 atom stereocenters. The van der Waals surface area contributed by atoms with E-state index in [1.807, 2.05) is 30.3 Å². The van der Waals surface area contributed by atoms with Crippen LogP contribution in [0.3, 0.4) is 0 Å². The van der Waals surface area contributed by atoms with Crippen molar-refractivity contribution in [1.29, 1.82) is 0 Å². The molecule has 0 aromatic heterocycles. The van der Waals surface area contributed by atoms with Gasteiger partial charge in [0.15, 0.2) is 0 Å². The number of alkyl carbamates (subject to hydrolysis) is 1. The minimum Gasteiger partial charge on any atom is -0.463 e. The van der Waals surface area contributed by atoms with Gasteiger partial charge in [0, 0.05) is 19.0 Å². The highest BCUT2D eigenvalue weighted by molar-refractivity contribution is 5.86. The molecule has 1 aromatic rings. The third kappa shape index (κ3) is 10.0. The van der Waals surface area contributed by atoms with Gasteiger partial charge in [0.05, 0.1) is 6.61 Å². The first kappa shape index (κ1) is 22.2. The molecule has 0 aliphatic carbocycles. The molecule has 148 valence electrons. The largest absolute Gasteiger partial charge is 0.463 e. The number of benzene rings is 1. The summed E-state index contributed by atoms with van der Waals surface area (Å²) >= 11 is 0. The summed E-state index contributed by atoms with van der Waals surface area (Å²) < 4.78 is 10.00. The second-order valence-corrected chi connectivity index (χ2v) is 6.79. The average molecular weight is 376 g/mol. The molecule has 0 radical (unpaired) electrons. The molecule has 7 nitrogen and oxygen atoms in total. The highest BCUT2D eigenvalue weighted by atomic mass is 16.6. The molecule has 0 spiro atoms. The van der Waals surface area contributed by atoms with Crippen molar-refractivity contribution in [3.8, 4) is 0 Å². The number of esters is 1. The number of hydrogen-bond donors (Lipinski definition) is 2. The highest BCUT2D eigenvalue weighted by Crippen LogP contribution is 2.08. The molecule has 0 aliphatic heterocycles. The molecule has 27 heavy (non-hydrogen) atoms. The highest BCUT2D eigenvalue weighted by Gasteiger charge is 2.24. The zero-order valence-corrected chi connectivity index (χ0v) is 16.3. The lowest BCUT2D eigenvalue weighted by atomic mass is 10.1. The van der Waals surface area contributed by atoms with E-state index >= 15 is 0 Å². The molecule has 7 heteroatoms. The number of amides is 2. The predicted molar refractivity (Wildman–Crippen MR) is 102 cm³/mol. The fourth-order valence-corrected chi connectivity index (χ4v) is 2.14. The van der Waals surface area contributed by atoms with Gasteiger partial charge in [0.25, 0.3) is 0 Å². The molecule has 1 unspecified atom stereocenters. The topological polar surface area (TPSA) is 93.7 Å². The first-order valence-corrected chi connectivity index (χ1v) is 8.85. The van der Waals surface area contributed by atoms with Crippen LogP contribution in [-0.4, -0.2) is 42.8 Å². The van der Waals surface area contributed by atoms with Gasteiger partial charge in [-0.05, 0) is 33.3 Å². The second-order valence-electron chi connectivity index (χ2n) is 6.79. The van der Waals surface area contributed by atoms with Gasteiger partial charge in [-0.2, -0.15) is 0 Å². The van der Waals surface area contributed by atoms with Crippen molar-refractivity contribution in [1.82, 2.24) is 10.6 Å². The number of carbonyl (C=O) groups is 3. The van der Waals surface area contributed by atoms with E-state index in [1.54, 1.807) is 27.7 Å². The van der Waals surface area contributed by atoms with Crippen LogP contribution in [0.1, 0.15) is 33.3 Å². The van der Waals surface area contributed by atoms with Gasteiger partial charge in [-0.25, -0.2) is 9.59 Å². The molecule has 0 bridgehead atoms. The quantitative estimate of drug-likeness (QED) is 0.537. The van der Waals surface area contributed by atoms with E-state index < -0.39 is 23.7 Å². The van der Waals surface area contributed by atoms with Crippen molar-refractivity contribution in [3.63, 3.8) is 0 Å². The second kappa shape index (κ2) is 11.0. The Kier molecular flexibility index (Phi) is 9.05. The van der Waals surface area contributed by atoms with E-state index in [1.165, 1.54) is 12.2 Å². The molecule has 2 amide bonds. The summed E-state index contributed by atoms with van der Waals surface area (Å²) in [6.45, 7) is 7.38. The molecule has 0 saturated carbocycles. The smallest absolute Gasteiger partial charge is 0.408 e. The fourth-order valence-electron chi connectivity index (χ4n) is 2.14. The van der Waals surface area contributed by atoms with Gasteiger partial charge >= 0.3 is 12.1 Å². The van der Waals surface area contributed by atoms with Crippen molar-refractivity contribution in [3.05, 3.63) is 48.0 Å². The van der Waals surface area contributed by atoms with Crippen molar-refractivity contribution in [2.24, 2.45) is 0 Å². The molecular weight excluding hydrogens is 348 g/mol. The summed E-state index contributed by atoms with van der Waals surface area (Å²) in [7, 11) is 0. The van der Waals surface area contributed by atoms with E-state index in [0.717, 1.165) is 5.56 Å². The van der Waals surface area contributed by atoms with Crippen LogP contribution >= 0.6 is 0 Å². The third-order valence-electron chi connectivity index (χ3n) is 3.22. The monoisotopic (exact) mass is 376 g/mol. The van der Waals surface area contributed by atoms with Crippen LogP contribution in [0.15, 0.2) is 42.5 Å². The number of ether oxygens (including phenoxy) is 2. The Labute approximate surface area is 160 Å². The molecule has 2 N–H and O–H groups in total. The summed E-state index contributed by atoms with van der Waals surface area (Å²) in [5.74, 6) is -0.849. The third-order valence-corrected chi connectivity index (χ3v) is 3.22. The summed E-state index contributed by atoms with van der Waals surface area (Å²) in [6, 6.07) is 8.54. The van der Waals surface area contributed by atoms with Crippen molar-refractivity contribution in [2.75, 3.05) is 13.2 Å². The van der Waals surface area contributed by atoms with E-state index in [2.05, 4.69) is 10.6 Å². The standard InChI is InChI=1S/C20H28N2O5/c1-5-26-17(23)12-9-13-21-18(24)16(14-15-10-7-6-8-11-15)22-19(25)27-20(2,3)4/h6-12,16H,5,13-14H2,1-4H3,(H,21,24)(H,22,25)/b12-9+. The van der Waals surface area contributed by atoms with Gasteiger partial charge in [-0.1, -0.05) is 36.4 Å². The molecule has 1 aromatic carbocycles. The Hall–Kier alpha value is -2.83. The molecule has 0 saturated heterocycles. The Bertz CT molecular complexity index is 650. The van der Waals surface area contributed by atoms with Gasteiger partial charge in [-0.3, -0.25) is 4.79 Å². The van der Waals surface area contributed by atoms with Crippen molar-refractivity contribution < 1.29 is 23.9 Å². The van der Waals surface area contributed by atoms with Crippen LogP contribution in [0.5, 0.6) is 0 Å². The Morgan fingerprint density at radius 3 is 2.41 bits per heavy atom. The van der Waals surface area contributed by atoms with Crippen LogP contribution in [0.4, 0.5) is 4.79 Å². The molecule has 0 aliphatic rings. The van der Waals surface area contributed by atoms with Crippen molar-refractivity contribution >= 4 is 18.0 Å². The number of rotatable bonds is 8. The summed E-state index contributed by atoms with van der Waals surface area (Å²) in [6.07, 6.45) is 2.38. The van der Waals surface area contributed by atoms with Gasteiger partial charge < -0.3 is 20.1 Å². The Morgan fingerprint density at radius 2 is 1.81 bits per heavy atom. The molecule has 1 rings (SSSR count). The maximum Gasteiger partial charge on any atom is 0.408 e. The average Bonchev–Trinajstić information content (AvgIpc) is 2.57. The SMILES string of the molecule is CCOC(=O)/C=C/CNC(=O)C(Cc1ccccc1)NC(=O)OC(C)(C)C. The van der Waals surface area contributed by atoms with Crippen LogP contribution in [0, 0.1) is 0 Å². The van der Waals surface area contributed by atoms with Crippen LogP contribution in [-0.2, 0) is 25.5 Å². The lowest BCUT2D eigenvalue weighted by Gasteiger charge is -2.23. The Morgan fingerprint density at radius 1 is 1.15 bits per heavy atom. The van der Waals surface area contributed by atoms with Crippen LogP contribution in [0.2, 0.25) is 0 Å². The lowest BCUT2D eigenvalue weighted by Crippen LogP contribution is -2.49. The van der Waals surface area contributed by atoms with Crippen LogP contribution in [0.25, 0.3) is 0 Å². The number of nitrogens with one attached hydrogen (secondary N) is 2. The minimum absolute atomic E-state index is 0.138. The maximum absolute atomic E-state index is 12.5. The van der Waals surface area contributed by atoms with E-state index in [0.29, 0.717) is 6.42 Å². The maximum atomic E-state index is 12.5. The zero-order valence-electron chi connectivity index (χ0n) is 16.3. The zero-order chi connectivity index (χ0) is 20.3. The first-order valence-electron chi connectivity index (χ1n) is 8.85. The summed E-state index contributed by atoms with van der Waals surface area (Å²) in [5, 5.41) is 5.27. The van der Waals surface area contributed by atoms with Gasteiger partial charge in [-0.15, -0.1) is 0 Å². The van der Waals surface area contributed by atoms with Crippen LogP contribution < -0.4 is 10.6 Å². The minimum atomic E-state index is -0.807. The molecular formula is C20H28N2O5. The normalized spacial score (nSPS) is 12.3. The number of carbonyl (C=O) groups excluding carboxylic acids is 3. The van der Waals surface area contributed by atoms with Gasteiger partial charge in [0.2, 0.25) is 5.91 Å². The first-order chi connectivity index (χ1) is 12.7. The van der Waals surface area contributed by atoms with E-state index in [4.69, 9.17) is 9.47 Å². The predicted octanol–water partition coefficient (Wildman–Crippen LogP) is 2.36.